The zero-order chi connectivity index (χ0) is 24.1. The number of nitrogens with one attached hydrogen (secondary N) is 2. The molecule has 11 heteroatoms. The molecule has 0 bridgehead atoms. The minimum atomic E-state index is -1.44. The Labute approximate surface area is 218 Å². The van der Waals surface area contributed by atoms with Crippen molar-refractivity contribution in [1.29, 1.82) is 0 Å². The van der Waals surface area contributed by atoms with Crippen molar-refractivity contribution in [2.45, 2.75) is 18.5 Å². The third-order valence-corrected chi connectivity index (χ3v) is 5.03. The van der Waals surface area contributed by atoms with Gasteiger partial charge >= 0.3 is 41.6 Å². The molecule has 2 unspecified atom stereocenters. The number of urea groups is 1. The Morgan fingerprint density at radius 3 is 2.62 bits per heavy atom. The smallest absolute Gasteiger partial charge is 1.00 e. The number of halogens is 1. The van der Waals surface area contributed by atoms with E-state index in [1.54, 1.807) is 30.3 Å². The maximum atomic E-state index is 14.4. The number of ketones is 1. The number of amides is 3. The van der Waals surface area contributed by atoms with Gasteiger partial charge in [-0.2, -0.15) is 0 Å². The molecule has 1 heterocycles. The maximum Gasteiger partial charge on any atom is 1.00 e. The van der Waals surface area contributed by atoms with Gasteiger partial charge in [0, 0.05) is 19.3 Å². The van der Waals surface area contributed by atoms with Gasteiger partial charge in [-0.15, -0.1) is 0 Å². The minimum absolute atomic E-state index is 0. The van der Waals surface area contributed by atoms with E-state index >= 15 is 0 Å². The second kappa shape index (κ2) is 11.8. The second-order valence-corrected chi connectivity index (χ2v) is 7.37. The first-order chi connectivity index (χ1) is 15.7. The molecule has 2 aromatic rings. The van der Waals surface area contributed by atoms with Gasteiger partial charge in [-0.1, -0.05) is 12.1 Å². The van der Waals surface area contributed by atoms with Crippen LogP contribution >= 0.6 is 0 Å². The summed E-state index contributed by atoms with van der Waals surface area (Å²) in [4.78, 5) is 49.2. The zero-order valence-corrected chi connectivity index (χ0v) is 20.9. The molecule has 0 saturated carbocycles. The molecule has 0 saturated heterocycles. The van der Waals surface area contributed by atoms with Crippen LogP contribution in [0.1, 0.15) is 19.5 Å². The summed E-state index contributed by atoms with van der Waals surface area (Å²) in [6, 6.07) is 7.31. The van der Waals surface area contributed by atoms with E-state index in [1.807, 2.05) is 0 Å². The summed E-state index contributed by atoms with van der Waals surface area (Å²) >= 11 is 0. The number of nitrogens with zero attached hydrogens (tertiary/aromatic N) is 1. The first-order valence-corrected chi connectivity index (χ1v) is 9.90. The quantitative estimate of drug-likeness (QED) is 0.358. The molecule has 3 N–H and O–H groups in total. The van der Waals surface area contributed by atoms with E-state index in [4.69, 9.17) is 4.74 Å². The SMILES string of the molecule is COc1cccc(-c2cc(F)cc(C(CC(=O)O)NC(=O)NC3C(=O)C=CN(C)C3=O)c2)c1.[H-].[Na+]. The summed E-state index contributed by atoms with van der Waals surface area (Å²) in [5.41, 5.74) is 1.27. The van der Waals surface area contributed by atoms with Gasteiger partial charge in [0.15, 0.2) is 11.8 Å². The van der Waals surface area contributed by atoms with E-state index < -0.39 is 48.0 Å². The van der Waals surface area contributed by atoms with E-state index in [0.717, 1.165) is 17.0 Å². The summed E-state index contributed by atoms with van der Waals surface area (Å²) in [6.07, 6.45) is 1.87. The van der Waals surface area contributed by atoms with Crippen molar-refractivity contribution >= 4 is 23.7 Å². The molecule has 0 radical (unpaired) electrons. The van der Waals surface area contributed by atoms with E-state index in [2.05, 4.69) is 10.6 Å². The van der Waals surface area contributed by atoms with Crippen LogP contribution < -0.4 is 44.9 Å². The van der Waals surface area contributed by atoms with E-state index in [9.17, 15) is 28.7 Å². The van der Waals surface area contributed by atoms with Crippen molar-refractivity contribution in [3.05, 3.63) is 66.1 Å². The number of carbonyl (C=O) groups excluding carboxylic acids is 3. The number of ether oxygens (including phenoxy) is 1. The Balaban J connectivity index is 0.00000306. The molecular weight excluding hydrogens is 456 g/mol. The number of carboxylic acid groups (broad SMARTS) is 1. The molecule has 0 aliphatic carbocycles. The van der Waals surface area contributed by atoms with Crippen molar-refractivity contribution in [2.75, 3.05) is 14.2 Å². The van der Waals surface area contributed by atoms with Crippen LogP contribution in [0.15, 0.2) is 54.7 Å². The standard InChI is InChI=1S/C23H22FN3O6.Na.H/c1-27-7-6-19(28)21(22(27)31)26-23(32)25-18(12-20(29)30)15-8-14(9-16(24)10-15)13-4-3-5-17(11-13)33-2;;/h3-11,18,21H,12H2,1-2H3,(H,29,30)(H2,25,26,32);;/q;+1;-1. The molecule has 3 amide bonds. The predicted octanol–water partition coefficient (Wildman–Crippen LogP) is -0.644. The first-order valence-electron chi connectivity index (χ1n) is 9.90. The summed E-state index contributed by atoms with van der Waals surface area (Å²) in [5.74, 6) is -2.57. The Morgan fingerprint density at radius 1 is 1.21 bits per heavy atom. The molecule has 0 spiro atoms. The molecule has 174 valence electrons. The largest absolute Gasteiger partial charge is 1.00 e. The summed E-state index contributed by atoms with van der Waals surface area (Å²) < 4.78 is 19.6. The Morgan fingerprint density at radius 2 is 1.94 bits per heavy atom. The van der Waals surface area contributed by atoms with Gasteiger partial charge in [-0.25, -0.2) is 9.18 Å². The van der Waals surface area contributed by atoms with Crippen LogP contribution in [0, 0.1) is 5.82 Å². The van der Waals surface area contributed by atoms with Gasteiger partial charge in [0.05, 0.1) is 19.6 Å². The average molecular weight is 479 g/mol. The van der Waals surface area contributed by atoms with E-state index in [0.29, 0.717) is 16.9 Å². The molecule has 34 heavy (non-hydrogen) atoms. The molecule has 3 rings (SSSR count). The molecule has 2 aromatic carbocycles. The molecule has 2 atom stereocenters. The van der Waals surface area contributed by atoms with Gasteiger partial charge in [0.1, 0.15) is 11.6 Å². The Hall–Kier alpha value is -3.21. The summed E-state index contributed by atoms with van der Waals surface area (Å²) in [6.45, 7) is 0. The van der Waals surface area contributed by atoms with Gasteiger partial charge in [-0.05, 0) is 47.0 Å². The number of aliphatic carboxylic acids is 1. The third-order valence-electron chi connectivity index (χ3n) is 5.03. The van der Waals surface area contributed by atoms with Crippen molar-refractivity contribution in [3.63, 3.8) is 0 Å². The van der Waals surface area contributed by atoms with Gasteiger partial charge in [0.25, 0.3) is 5.91 Å². The van der Waals surface area contributed by atoms with Crippen LogP contribution in [-0.4, -0.2) is 53.9 Å². The van der Waals surface area contributed by atoms with Crippen molar-refractivity contribution in [3.8, 4) is 16.9 Å². The molecular formula is C23H23FN3NaO6. The van der Waals surface area contributed by atoms with Crippen LogP contribution in [0.4, 0.5) is 9.18 Å². The number of hydrogen-bond donors (Lipinski definition) is 3. The van der Waals surface area contributed by atoms with Gasteiger partial charge in [0.2, 0.25) is 0 Å². The Kier molecular flexibility index (Phi) is 9.36. The fourth-order valence-corrected chi connectivity index (χ4v) is 3.35. The molecule has 1 aliphatic rings. The van der Waals surface area contributed by atoms with Crippen LogP contribution in [0.25, 0.3) is 11.1 Å². The summed E-state index contributed by atoms with van der Waals surface area (Å²) in [7, 11) is 2.93. The van der Waals surface area contributed by atoms with E-state index in [-0.39, 0.29) is 36.5 Å². The van der Waals surface area contributed by atoms with E-state index in [1.165, 1.54) is 26.4 Å². The molecule has 0 fully saturated rings. The van der Waals surface area contributed by atoms with Crippen LogP contribution in [0.2, 0.25) is 0 Å². The zero-order valence-electron chi connectivity index (χ0n) is 19.9. The number of hydrogen-bond acceptors (Lipinski definition) is 5. The average Bonchev–Trinajstić information content (AvgIpc) is 2.78. The molecule has 0 aromatic heterocycles. The number of methoxy groups -OCH3 is 1. The number of carboxylic acids is 1. The van der Waals surface area contributed by atoms with Crippen molar-refractivity contribution in [1.82, 2.24) is 15.5 Å². The topological polar surface area (TPSA) is 125 Å². The Bertz CT molecular complexity index is 1150. The van der Waals surface area contributed by atoms with Crippen LogP contribution in [-0.2, 0) is 14.4 Å². The van der Waals surface area contributed by atoms with Gasteiger partial charge < -0.3 is 26.8 Å². The number of rotatable bonds is 7. The van der Waals surface area contributed by atoms with Gasteiger partial charge in [-0.3, -0.25) is 14.4 Å². The molecule has 1 aliphatic heterocycles. The number of carbonyl (C=O) groups is 4. The van der Waals surface area contributed by atoms with Crippen LogP contribution in [0.3, 0.4) is 0 Å². The third kappa shape index (κ3) is 6.66. The second-order valence-electron chi connectivity index (χ2n) is 7.37. The molecule has 9 nitrogen and oxygen atoms in total. The summed E-state index contributed by atoms with van der Waals surface area (Å²) in [5, 5.41) is 14.0. The number of likely N-dealkylation sites (N-methyl/N-ethyl adjacent to an activating group) is 1. The number of benzene rings is 2. The van der Waals surface area contributed by atoms with Crippen molar-refractivity contribution in [2.24, 2.45) is 0 Å². The fraction of sp³-hybridized carbons (Fsp3) is 0.217. The monoisotopic (exact) mass is 479 g/mol. The van der Waals surface area contributed by atoms with Crippen molar-refractivity contribution < 1.29 is 64.4 Å². The predicted molar refractivity (Wildman–Crippen MR) is 117 cm³/mol. The fourth-order valence-electron chi connectivity index (χ4n) is 3.35. The minimum Gasteiger partial charge on any atom is -1.00 e. The van der Waals surface area contributed by atoms with Crippen LogP contribution in [0.5, 0.6) is 5.75 Å². The normalized spacial score (nSPS) is 15.9. The first kappa shape index (κ1) is 27.0. The maximum absolute atomic E-state index is 14.4.